The van der Waals surface area contributed by atoms with Crippen LogP contribution in [0.3, 0.4) is 0 Å². The largest absolute Gasteiger partial charge is 0.506 e. The maximum atomic E-state index is 11.4. The molecule has 0 heterocycles. The van der Waals surface area contributed by atoms with Gasteiger partial charge in [-0.05, 0) is 24.3 Å². The van der Waals surface area contributed by atoms with Gasteiger partial charge in [0.25, 0.3) is 0 Å². The van der Waals surface area contributed by atoms with E-state index >= 15 is 0 Å². The summed E-state index contributed by atoms with van der Waals surface area (Å²) in [4.78, 5) is 11.4. The number of carbonyl (C=O) groups is 1. The number of hydrogen-bond acceptors (Lipinski definition) is 5. The third-order valence-corrected chi connectivity index (χ3v) is 3.89. The summed E-state index contributed by atoms with van der Waals surface area (Å²) in [5.74, 6) is -0.736. The quantitative estimate of drug-likeness (QED) is 0.293. The van der Waals surface area contributed by atoms with E-state index in [9.17, 15) is 15.0 Å². The number of phenols is 1. The fourth-order valence-corrected chi connectivity index (χ4v) is 2.50. The zero-order valence-electron chi connectivity index (χ0n) is 15.1. The van der Waals surface area contributed by atoms with Gasteiger partial charge in [-0.3, -0.25) is 5.01 Å². The molecule has 0 spiro atoms. The topological polar surface area (TPSA) is 97.9 Å². The lowest BCUT2D eigenvalue weighted by molar-refractivity contribution is 0.0697. The third-order valence-electron chi connectivity index (χ3n) is 3.89. The molecule has 0 radical (unpaired) electrons. The zero-order chi connectivity index (χ0) is 19.9. The second kappa shape index (κ2) is 8.59. The van der Waals surface area contributed by atoms with Crippen molar-refractivity contribution in [3.63, 3.8) is 0 Å². The fraction of sp³-hybridized carbons (Fsp3) is 0.0476. The summed E-state index contributed by atoms with van der Waals surface area (Å²) < 4.78 is 0. The Morgan fingerprint density at radius 2 is 1.54 bits per heavy atom. The number of aromatic hydroxyl groups is 1. The lowest BCUT2D eigenvalue weighted by Crippen LogP contribution is -2.13. The predicted octanol–water partition coefficient (Wildman–Crippen LogP) is 4.67. The van der Waals surface area contributed by atoms with Gasteiger partial charge in [-0.1, -0.05) is 54.6 Å². The standard InChI is InChI=1S/C21H18N4O3/c1-25(18-13-7-8-14-19(18)26)24-20(15-9-3-2-4-10-15)23-22-17-12-6-5-11-16(17)21(27)28/h2-14,26H,1H3,(H,27,28)/b23-22?,24-20-. The van der Waals surface area contributed by atoms with Crippen LogP contribution in [0.5, 0.6) is 5.75 Å². The first kappa shape index (κ1) is 18.8. The van der Waals surface area contributed by atoms with Gasteiger partial charge >= 0.3 is 5.97 Å². The van der Waals surface area contributed by atoms with Gasteiger partial charge in [0.05, 0.1) is 5.56 Å². The van der Waals surface area contributed by atoms with Crippen molar-refractivity contribution in [3.8, 4) is 5.75 Å². The molecule has 0 saturated carbocycles. The number of azo groups is 1. The maximum Gasteiger partial charge on any atom is 0.337 e. The number of rotatable bonds is 5. The molecule has 0 aliphatic rings. The first-order chi connectivity index (χ1) is 13.6. The molecule has 0 atom stereocenters. The van der Waals surface area contributed by atoms with Crippen molar-refractivity contribution in [2.45, 2.75) is 0 Å². The van der Waals surface area contributed by atoms with Crippen LogP contribution >= 0.6 is 0 Å². The number of nitrogens with zero attached hydrogens (tertiary/aromatic N) is 4. The minimum Gasteiger partial charge on any atom is -0.506 e. The number of aromatic carboxylic acids is 1. The van der Waals surface area contributed by atoms with Crippen molar-refractivity contribution in [2.75, 3.05) is 12.1 Å². The minimum atomic E-state index is -1.08. The molecule has 0 bridgehead atoms. The number of hydrogen-bond donors (Lipinski definition) is 2. The van der Waals surface area contributed by atoms with Crippen LogP contribution in [0.4, 0.5) is 11.4 Å². The fourth-order valence-electron chi connectivity index (χ4n) is 2.50. The molecule has 7 nitrogen and oxygen atoms in total. The van der Waals surface area contributed by atoms with Crippen molar-refractivity contribution in [1.82, 2.24) is 0 Å². The Kier molecular flexibility index (Phi) is 5.76. The molecule has 0 saturated heterocycles. The highest BCUT2D eigenvalue weighted by Crippen LogP contribution is 2.26. The van der Waals surface area contributed by atoms with Crippen molar-refractivity contribution in [3.05, 3.63) is 90.0 Å². The summed E-state index contributed by atoms with van der Waals surface area (Å²) in [6, 6.07) is 22.3. The summed E-state index contributed by atoms with van der Waals surface area (Å²) in [5, 5.41) is 33.6. The monoisotopic (exact) mass is 374 g/mol. The van der Waals surface area contributed by atoms with Gasteiger partial charge < -0.3 is 10.2 Å². The van der Waals surface area contributed by atoms with Gasteiger partial charge in [0, 0.05) is 12.6 Å². The molecule has 0 fully saturated rings. The molecule has 3 aromatic carbocycles. The molecule has 140 valence electrons. The first-order valence-electron chi connectivity index (χ1n) is 8.46. The molecule has 0 aromatic heterocycles. The molecular weight excluding hydrogens is 356 g/mol. The van der Waals surface area contributed by atoms with E-state index in [1.807, 2.05) is 30.3 Å². The molecule has 7 heteroatoms. The van der Waals surface area contributed by atoms with Crippen molar-refractivity contribution < 1.29 is 15.0 Å². The number of anilines is 1. The van der Waals surface area contributed by atoms with E-state index in [4.69, 9.17) is 0 Å². The van der Waals surface area contributed by atoms with Crippen LogP contribution in [0, 0.1) is 0 Å². The number of para-hydroxylation sites is 2. The highest BCUT2D eigenvalue weighted by atomic mass is 16.4. The number of amidine groups is 1. The molecule has 0 unspecified atom stereocenters. The van der Waals surface area contributed by atoms with Crippen LogP contribution < -0.4 is 5.01 Å². The molecule has 0 aliphatic carbocycles. The number of hydrazone groups is 1. The van der Waals surface area contributed by atoms with Gasteiger partial charge in [-0.25, -0.2) is 4.79 Å². The first-order valence-corrected chi connectivity index (χ1v) is 8.46. The van der Waals surface area contributed by atoms with E-state index in [0.29, 0.717) is 11.3 Å². The van der Waals surface area contributed by atoms with Crippen molar-refractivity contribution in [2.24, 2.45) is 15.3 Å². The average Bonchev–Trinajstić information content (AvgIpc) is 2.72. The minimum absolute atomic E-state index is 0.0488. The van der Waals surface area contributed by atoms with E-state index < -0.39 is 5.97 Å². The second-order valence-corrected chi connectivity index (χ2v) is 5.82. The summed E-state index contributed by atoms with van der Waals surface area (Å²) >= 11 is 0. The molecular formula is C21H18N4O3. The van der Waals surface area contributed by atoms with E-state index in [1.165, 1.54) is 11.1 Å². The predicted molar refractivity (Wildman–Crippen MR) is 107 cm³/mol. The Balaban J connectivity index is 2.02. The van der Waals surface area contributed by atoms with Gasteiger partial charge in [0.15, 0.2) is 0 Å². The Labute approximate surface area is 161 Å². The second-order valence-electron chi connectivity index (χ2n) is 5.82. The molecule has 0 amide bonds. The number of benzene rings is 3. The van der Waals surface area contributed by atoms with Gasteiger partial charge in [0.2, 0.25) is 5.84 Å². The summed E-state index contributed by atoms with van der Waals surface area (Å²) in [7, 11) is 1.68. The van der Waals surface area contributed by atoms with E-state index in [-0.39, 0.29) is 22.8 Å². The SMILES string of the molecule is CN(/N=C(\N=Nc1ccccc1C(=O)O)c1ccccc1)c1ccccc1O. The molecule has 2 N–H and O–H groups in total. The Morgan fingerprint density at radius 3 is 2.25 bits per heavy atom. The van der Waals surface area contributed by atoms with Gasteiger partial charge in [-0.2, -0.15) is 5.10 Å². The van der Waals surface area contributed by atoms with Gasteiger partial charge in [0.1, 0.15) is 17.1 Å². The lowest BCUT2D eigenvalue weighted by Gasteiger charge is -2.15. The van der Waals surface area contributed by atoms with E-state index in [2.05, 4.69) is 15.3 Å². The average molecular weight is 374 g/mol. The Morgan fingerprint density at radius 1 is 0.893 bits per heavy atom. The van der Waals surface area contributed by atoms with Crippen molar-refractivity contribution >= 4 is 23.2 Å². The molecule has 28 heavy (non-hydrogen) atoms. The number of phenolic OH excluding ortho intramolecular Hbond substituents is 1. The Hall–Kier alpha value is -4.00. The molecule has 0 aliphatic heterocycles. The van der Waals surface area contributed by atoms with Gasteiger partial charge in [-0.15, -0.1) is 10.2 Å². The van der Waals surface area contributed by atoms with Crippen LogP contribution in [0.1, 0.15) is 15.9 Å². The Bertz CT molecular complexity index is 1030. The van der Waals surface area contributed by atoms with Crippen LogP contribution in [0.2, 0.25) is 0 Å². The normalized spacial score (nSPS) is 11.5. The van der Waals surface area contributed by atoms with E-state index in [1.54, 1.807) is 49.5 Å². The summed E-state index contributed by atoms with van der Waals surface area (Å²) in [6.07, 6.45) is 0. The smallest absolute Gasteiger partial charge is 0.337 e. The van der Waals surface area contributed by atoms with Crippen LogP contribution in [0.25, 0.3) is 0 Å². The highest BCUT2D eigenvalue weighted by molar-refractivity contribution is 6.00. The van der Waals surface area contributed by atoms with E-state index in [0.717, 1.165) is 0 Å². The van der Waals surface area contributed by atoms with Crippen LogP contribution in [-0.2, 0) is 0 Å². The number of carboxylic acids is 1. The van der Waals surface area contributed by atoms with Crippen molar-refractivity contribution in [1.29, 1.82) is 0 Å². The van der Waals surface area contributed by atoms with Crippen LogP contribution in [-0.4, -0.2) is 29.1 Å². The summed E-state index contributed by atoms with van der Waals surface area (Å²) in [5.41, 5.74) is 1.47. The summed E-state index contributed by atoms with van der Waals surface area (Å²) in [6.45, 7) is 0. The zero-order valence-corrected chi connectivity index (χ0v) is 15.1. The highest BCUT2D eigenvalue weighted by Gasteiger charge is 2.11. The molecule has 3 aromatic rings. The number of carboxylic acid groups (broad SMARTS) is 1. The molecule has 3 rings (SSSR count). The van der Waals surface area contributed by atoms with Crippen LogP contribution in [0.15, 0.2) is 94.2 Å². The third kappa shape index (κ3) is 4.39. The lowest BCUT2D eigenvalue weighted by atomic mass is 10.2. The maximum absolute atomic E-state index is 11.4.